The number of hydrogen-bond donors (Lipinski definition) is 2. The van der Waals surface area contributed by atoms with Gasteiger partial charge >= 0.3 is 0 Å². The summed E-state index contributed by atoms with van der Waals surface area (Å²) < 4.78 is 1.20. The summed E-state index contributed by atoms with van der Waals surface area (Å²) in [6, 6.07) is 8.19. The predicted octanol–water partition coefficient (Wildman–Crippen LogP) is 1.66. The van der Waals surface area contributed by atoms with E-state index in [0.717, 1.165) is 24.9 Å². The van der Waals surface area contributed by atoms with E-state index in [9.17, 15) is 4.79 Å². The van der Waals surface area contributed by atoms with Gasteiger partial charge in [0.25, 0.3) is 0 Å². The fourth-order valence-electron chi connectivity index (χ4n) is 1.87. The second-order valence-corrected chi connectivity index (χ2v) is 5.24. The fourth-order valence-corrected chi connectivity index (χ4v) is 2.48. The van der Waals surface area contributed by atoms with Crippen LogP contribution in [0.5, 0.6) is 0 Å². The number of halogens is 1. The molecule has 1 saturated heterocycles. The van der Waals surface area contributed by atoms with Gasteiger partial charge in [-0.15, -0.1) is 0 Å². The van der Waals surface area contributed by atoms with Gasteiger partial charge in [-0.1, -0.05) is 12.1 Å². The zero-order chi connectivity index (χ0) is 11.4. The van der Waals surface area contributed by atoms with Gasteiger partial charge in [-0.25, -0.2) is 0 Å². The number of benzene rings is 1. The minimum absolute atomic E-state index is 0.0165. The van der Waals surface area contributed by atoms with Crippen LogP contribution < -0.4 is 10.6 Å². The lowest BCUT2D eigenvalue weighted by atomic mass is 10.2. The Labute approximate surface area is 109 Å². The van der Waals surface area contributed by atoms with Crippen molar-refractivity contribution in [3.63, 3.8) is 0 Å². The Morgan fingerprint density at radius 1 is 1.56 bits per heavy atom. The SMILES string of the molecule is O=C(NCc1cccc(I)c1)[C@@H]1CCCN1. The van der Waals surface area contributed by atoms with Crippen molar-refractivity contribution in [3.05, 3.63) is 33.4 Å². The molecular formula is C12H15IN2O. The average molecular weight is 330 g/mol. The highest BCUT2D eigenvalue weighted by Crippen LogP contribution is 2.08. The van der Waals surface area contributed by atoms with E-state index in [1.807, 2.05) is 18.2 Å². The van der Waals surface area contributed by atoms with Crippen LogP contribution in [0.15, 0.2) is 24.3 Å². The average Bonchev–Trinajstić information content (AvgIpc) is 2.79. The normalized spacial score (nSPS) is 19.7. The first kappa shape index (κ1) is 11.9. The lowest BCUT2D eigenvalue weighted by Crippen LogP contribution is -2.39. The van der Waals surface area contributed by atoms with E-state index in [1.165, 1.54) is 3.57 Å². The van der Waals surface area contributed by atoms with Gasteiger partial charge in [0.1, 0.15) is 0 Å². The summed E-state index contributed by atoms with van der Waals surface area (Å²) in [5.74, 6) is 0.122. The molecule has 1 aromatic rings. The van der Waals surface area contributed by atoms with Crippen molar-refractivity contribution in [3.8, 4) is 0 Å². The summed E-state index contributed by atoms with van der Waals surface area (Å²) in [7, 11) is 0. The smallest absolute Gasteiger partial charge is 0.237 e. The summed E-state index contributed by atoms with van der Waals surface area (Å²) in [5, 5.41) is 6.15. The van der Waals surface area contributed by atoms with E-state index in [4.69, 9.17) is 0 Å². The summed E-state index contributed by atoms with van der Waals surface area (Å²) >= 11 is 2.28. The quantitative estimate of drug-likeness (QED) is 0.828. The highest BCUT2D eigenvalue weighted by molar-refractivity contribution is 14.1. The molecule has 1 amide bonds. The summed E-state index contributed by atoms with van der Waals surface area (Å²) in [5.41, 5.74) is 1.15. The maximum Gasteiger partial charge on any atom is 0.237 e. The first-order valence-corrected chi connectivity index (χ1v) is 6.59. The molecule has 3 nitrogen and oxygen atoms in total. The van der Waals surface area contributed by atoms with Crippen LogP contribution in [0.4, 0.5) is 0 Å². The molecule has 0 aromatic heterocycles. The molecule has 86 valence electrons. The lowest BCUT2D eigenvalue weighted by molar-refractivity contribution is -0.122. The van der Waals surface area contributed by atoms with Crippen molar-refractivity contribution in [1.82, 2.24) is 10.6 Å². The van der Waals surface area contributed by atoms with Gasteiger partial charge in [0.05, 0.1) is 6.04 Å². The molecule has 1 heterocycles. The standard InChI is InChI=1S/C12H15IN2O/c13-10-4-1-3-9(7-10)8-15-12(16)11-5-2-6-14-11/h1,3-4,7,11,14H,2,5-6,8H2,(H,15,16)/t11-/m0/s1. The lowest BCUT2D eigenvalue weighted by Gasteiger charge is -2.11. The molecule has 0 saturated carbocycles. The van der Waals surface area contributed by atoms with Crippen LogP contribution in [0.3, 0.4) is 0 Å². The van der Waals surface area contributed by atoms with Crippen LogP contribution in [0.2, 0.25) is 0 Å². The van der Waals surface area contributed by atoms with Crippen molar-refractivity contribution in [1.29, 1.82) is 0 Å². The van der Waals surface area contributed by atoms with Crippen LogP contribution >= 0.6 is 22.6 Å². The zero-order valence-corrected chi connectivity index (χ0v) is 11.2. The van der Waals surface area contributed by atoms with Crippen molar-refractivity contribution < 1.29 is 4.79 Å². The van der Waals surface area contributed by atoms with Crippen LogP contribution in [-0.4, -0.2) is 18.5 Å². The molecule has 0 radical (unpaired) electrons. The second-order valence-electron chi connectivity index (χ2n) is 4.00. The number of carbonyl (C=O) groups excluding carboxylic acids is 1. The number of carbonyl (C=O) groups is 1. The Balaban J connectivity index is 1.84. The fraction of sp³-hybridized carbons (Fsp3) is 0.417. The van der Waals surface area contributed by atoms with Crippen molar-refractivity contribution in [2.24, 2.45) is 0 Å². The van der Waals surface area contributed by atoms with Gasteiger partial charge in [0.15, 0.2) is 0 Å². The van der Waals surface area contributed by atoms with Crippen LogP contribution in [0, 0.1) is 3.57 Å². The molecule has 1 aromatic carbocycles. The zero-order valence-electron chi connectivity index (χ0n) is 9.00. The van der Waals surface area contributed by atoms with E-state index < -0.39 is 0 Å². The van der Waals surface area contributed by atoms with Gasteiger partial charge in [-0.3, -0.25) is 4.79 Å². The first-order valence-electron chi connectivity index (χ1n) is 5.51. The number of nitrogens with one attached hydrogen (secondary N) is 2. The molecule has 2 N–H and O–H groups in total. The minimum atomic E-state index is 0.0165. The van der Waals surface area contributed by atoms with Crippen molar-refractivity contribution in [2.45, 2.75) is 25.4 Å². The van der Waals surface area contributed by atoms with Gasteiger partial charge in [0.2, 0.25) is 5.91 Å². The number of amides is 1. The Morgan fingerprint density at radius 3 is 3.12 bits per heavy atom. The van der Waals surface area contributed by atoms with Gasteiger partial charge < -0.3 is 10.6 Å². The van der Waals surface area contributed by atoms with E-state index in [-0.39, 0.29) is 11.9 Å². The van der Waals surface area contributed by atoms with E-state index in [2.05, 4.69) is 39.3 Å². The topological polar surface area (TPSA) is 41.1 Å². The number of rotatable bonds is 3. The molecule has 0 unspecified atom stereocenters. The Kier molecular flexibility index (Phi) is 4.17. The third-order valence-electron chi connectivity index (χ3n) is 2.73. The Bertz CT molecular complexity index is 375. The summed E-state index contributed by atoms with van der Waals surface area (Å²) in [6.45, 7) is 1.58. The van der Waals surface area contributed by atoms with Crippen molar-refractivity contribution >= 4 is 28.5 Å². The molecule has 0 bridgehead atoms. The Morgan fingerprint density at radius 2 is 2.44 bits per heavy atom. The minimum Gasteiger partial charge on any atom is -0.351 e. The molecule has 0 spiro atoms. The molecule has 16 heavy (non-hydrogen) atoms. The molecule has 1 aliphatic rings. The third-order valence-corrected chi connectivity index (χ3v) is 3.40. The van der Waals surface area contributed by atoms with E-state index in [1.54, 1.807) is 0 Å². The first-order chi connectivity index (χ1) is 7.75. The van der Waals surface area contributed by atoms with Gasteiger partial charge in [-0.2, -0.15) is 0 Å². The molecule has 1 aliphatic heterocycles. The third kappa shape index (κ3) is 3.18. The molecule has 2 rings (SSSR count). The molecule has 1 atom stereocenters. The maximum atomic E-state index is 11.7. The van der Waals surface area contributed by atoms with E-state index in [0.29, 0.717) is 6.54 Å². The predicted molar refractivity (Wildman–Crippen MR) is 72.0 cm³/mol. The molecule has 1 fully saturated rings. The van der Waals surface area contributed by atoms with E-state index >= 15 is 0 Å². The van der Waals surface area contributed by atoms with Crippen LogP contribution in [0.25, 0.3) is 0 Å². The monoisotopic (exact) mass is 330 g/mol. The molecule has 0 aliphatic carbocycles. The molecular weight excluding hydrogens is 315 g/mol. The molecule has 4 heteroatoms. The van der Waals surface area contributed by atoms with Crippen molar-refractivity contribution in [2.75, 3.05) is 6.54 Å². The van der Waals surface area contributed by atoms with Crippen LogP contribution in [0.1, 0.15) is 18.4 Å². The highest BCUT2D eigenvalue weighted by Gasteiger charge is 2.21. The Hall–Kier alpha value is -0.620. The summed E-state index contributed by atoms with van der Waals surface area (Å²) in [6.07, 6.45) is 2.06. The largest absolute Gasteiger partial charge is 0.351 e. The van der Waals surface area contributed by atoms with Gasteiger partial charge in [0, 0.05) is 10.1 Å². The van der Waals surface area contributed by atoms with Crippen LogP contribution in [-0.2, 0) is 11.3 Å². The highest BCUT2D eigenvalue weighted by atomic mass is 127. The second kappa shape index (κ2) is 5.63. The maximum absolute atomic E-state index is 11.7. The summed E-state index contributed by atoms with van der Waals surface area (Å²) in [4.78, 5) is 11.7. The van der Waals surface area contributed by atoms with Gasteiger partial charge in [-0.05, 0) is 59.7 Å². The number of hydrogen-bond acceptors (Lipinski definition) is 2.